The molecule has 2 heterocycles. The van der Waals surface area contributed by atoms with Gasteiger partial charge in [-0.2, -0.15) is 5.26 Å². The molecular weight excluding hydrogens is 516 g/mol. The second-order valence-corrected chi connectivity index (χ2v) is 11.2. The molecule has 0 aliphatic heterocycles. The number of fused-ring (bicyclic) bond motifs is 1. The number of nitrogens with zero attached hydrogens (tertiary/aromatic N) is 4. The van der Waals surface area contributed by atoms with Crippen molar-refractivity contribution in [3.8, 4) is 51.3 Å². The number of para-hydroxylation sites is 2. The van der Waals surface area contributed by atoms with Crippen molar-refractivity contribution >= 4 is 11.0 Å². The third-order valence-corrected chi connectivity index (χ3v) is 7.72. The maximum Gasteiger partial charge on any atom is 0.149 e. The average molecular weight is 549 g/mol. The van der Waals surface area contributed by atoms with Crippen LogP contribution in [0.25, 0.3) is 50.5 Å². The Balaban J connectivity index is 1.67. The smallest absolute Gasteiger partial charge is 0.149 e. The van der Waals surface area contributed by atoms with Gasteiger partial charge in [0.15, 0.2) is 0 Å². The Morgan fingerprint density at radius 1 is 0.762 bits per heavy atom. The van der Waals surface area contributed by atoms with Crippen LogP contribution >= 0.6 is 0 Å². The largest absolute Gasteiger partial charge is 0.507 e. The lowest BCUT2D eigenvalue weighted by molar-refractivity contribution is 0.466. The van der Waals surface area contributed by atoms with E-state index in [4.69, 9.17) is 4.98 Å². The molecule has 6 rings (SSSR count). The lowest BCUT2D eigenvalue weighted by Crippen LogP contribution is -2.01. The molecule has 0 atom stereocenters. The lowest BCUT2D eigenvalue weighted by Gasteiger charge is -2.18. The van der Waals surface area contributed by atoms with E-state index >= 15 is 0 Å². The van der Waals surface area contributed by atoms with Gasteiger partial charge in [0, 0.05) is 23.0 Å². The average Bonchev–Trinajstić information content (AvgIpc) is 3.41. The Kier molecular flexibility index (Phi) is 7.06. The van der Waals surface area contributed by atoms with Gasteiger partial charge < -0.3 is 5.11 Å². The van der Waals surface area contributed by atoms with Crippen LogP contribution in [-0.4, -0.2) is 19.6 Å². The van der Waals surface area contributed by atoms with Crippen LogP contribution < -0.4 is 0 Å². The number of phenolic OH excluding ortho intramolecular Hbond substituents is 1. The van der Waals surface area contributed by atoms with Crippen molar-refractivity contribution in [3.05, 3.63) is 120 Å². The number of hydrogen-bond acceptors (Lipinski definition) is 4. The summed E-state index contributed by atoms with van der Waals surface area (Å²) in [5, 5.41) is 21.5. The molecule has 0 fully saturated rings. The number of benzene rings is 4. The summed E-state index contributed by atoms with van der Waals surface area (Å²) in [5.41, 5.74) is 9.43. The molecule has 5 heteroatoms. The molecule has 6 aromatic rings. The van der Waals surface area contributed by atoms with Crippen LogP contribution in [0, 0.1) is 11.3 Å². The highest BCUT2D eigenvalue weighted by molar-refractivity contribution is 5.97. The molecule has 42 heavy (non-hydrogen) atoms. The summed E-state index contributed by atoms with van der Waals surface area (Å²) in [5.74, 6) is 1.36. The highest BCUT2D eigenvalue weighted by atomic mass is 16.3. The second-order valence-electron chi connectivity index (χ2n) is 11.2. The fraction of sp³-hybridized carbons (Fsp3) is 0.162. The first kappa shape index (κ1) is 27.0. The Morgan fingerprint density at radius 2 is 1.52 bits per heavy atom. The maximum absolute atomic E-state index is 11.6. The van der Waals surface area contributed by atoms with Gasteiger partial charge in [-0.3, -0.25) is 9.55 Å². The van der Waals surface area contributed by atoms with Crippen molar-refractivity contribution < 1.29 is 5.11 Å². The fourth-order valence-electron chi connectivity index (χ4n) is 5.50. The van der Waals surface area contributed by atoms with Gasteiger partial charge in [0.2, 0.25) is 0 Å². The van der Waals surface area contributed by atoms with Crippen molar-refractivity contribution in [2.45, 2.75) is 39.5 Å². The summed E-state index contributed by atoms with van der Waals surface area (Å²) < 4.78 is 2.12. The maximum atomic E-state index is 11.6. The first-order chi connectivity index (χ1) is 20.4. The molecule has 5 nitrogen and oxygen atoms in total. The minimum Gasteiger partial charge on any atom is -0.507 e. The Labute approximate surface area is 246 Å². The van der Waals surface area contributed by atoms with E-state index in [0.717, 1.165) is 50.2 Å². The third kappa shape index (κ3) is 4.82. The van der Waals surface area contributed by atoms with E-state index in [9.17, 15) is 10.4 Å². The zero-order valence-corrected chi connectivity index (χ0v) is 24.2. The van der Waals surface area contributed by atoms with E-state index in [1.165, 1.54) is 0 Å². The summed E-state index contributed by atoms with van der Waals surface area (Å²) in [7, 11) is 0. The van der Waals surface area contributed by atoms with Crippen LogP contribution in [0.1, 0.15) is 56.2 Å². The van der Waals surface area contributed by atoms with Crippen molar-refractivity contribution in [3.63, 3.8) is 0 Å². The minimum atomic E-state index is 0.145. The summed E-state index contributed by atoms with van der Waals surface area (Å²) in [6, 6.07) is 34.3. The Bertz CT molecular complexity index is 1950. The van der Waals surface area contributed by atoms with Gasteiger partial charge in [-0.15, -0.1) is 0 Å². The molecule has 0 unspecified atom stereocenters. The highest BCUT2D eigenvalue weighted by Gasteiger charge is 2.23. The fourth-order valence-corrected chi connectivity index (χ4v) is 5.50. The zero-order valence-electron chi connectivity index (χ0n) is 24.2. The predicted molar refractivity (Wildman–Crippen MR) is 170 cm³/mol. The topological polar surface area (TPSA) is 74.7 Å². The standard InChI is InChI=1S/C37H32N4O/c1-23(2)26-20-31(24(3)4)36(42)32(21-26)37-40-35-30(13-10-15-34(35)41(37)29-11-6-5-7-12-29)27-17-25(22-38)18-28(19-27)33-14-8-9-16-39-33/h5-21,23-24,42H,1-4H3. The van der Waals surface area contributed by atoms with Gasteiger partial charge in [0.25, 0.3) is 0 Å². The first-order valence-electron chi connectivity index (χ1n) is 14.3. The number of imidazole rings is 1. The number of phenols is 1. The van der Waals surface area contributed by atoms with Crippen LogP contribution in [0.4, 0.5) is 0 Å². The molecule has 0 radical (unpaired) electrons. The van der Waals surface area contributed by atoms with E-state index < -0.39 is 0 Å². The highest BCUT2D eigenvalue weighted by Crippen LogP contribution is 2.42. The Morgan fingerprint density at radius 3 is 2.21 bits per heavy atom. The van der Waals surface area contributed by atoms with Crippen molar-refractivity contribution in [2.75, 3.05) is 0 Å². The van der Waals surface area contributed by atoms with E-state index in [2.05, 4.69) is 79.7 Å². The van der Waals surface area contributed by atoms with Gasteiger partial charge in [-0.25, -0.2) is 4.98 Å². The van der Waals surface area contributed by atoms with Crippen molar-refractivity contribution in [1.82, 2.24) is 14.5 Å². The molecule has 0 saturated heterocycles. The summed E-state index contributed by atoms with van der Waals surface area (Å²) in [4.78, 5) is 9.78. The molecular formula is C37H32N4O. The van der Waals surface area contributed by atoms with Crippen LogP contribution in [-0.2, 0) is 0 Å². The third-order valence-electron chi connectivity index (χ3n) is 7.72. The van der Waals surface area contributed by atoms with E-state index in [1.54, 1.807) is 6.20 Å². The van der Waals surface area contributed by atoms with Gasteiger partial charge >= 0.3 is 0 Å². The van der Waals surface area contributed by atoms with Gasteiger partial charge in [-0.1, -0.05) is 70.2 Å². The van der Waals surface area contributed by atoms with E-state index in [1.807, 2.05) is 60.7 Å². The number of pyridine rings is 1. The number of hydrogen-bond donors (Lipinski definition) is 1. The summed E-state index contributed by atoms with van der Waals surface area (Å²) in [6.45, 7) is 8.53. The van der Waals surface area contributed by atoms with Crippen LogP contribution in [0.3, 0.4) is 0 Å². The molecule has 2 aromatic heterocycles. The van der Waals surface area contributed by atoms with Gasteiger partial charge in [-0.05, 0) is 83.1 Å². The second kappa shape index (κ2) is 11.0. The number of nitriles is 1. The zero-order chi connectivity index (χ0) is 29.4. The normalized spacial score (nSPS) is 11.4. The quantitative estimate of drug-likeness (QED) is 0.225. The molecule has 0 aliphatic rings. The molecule has 206 valence electrons. The minimum absolute atomic E-state index is 0.145. The Hall–Kier alpha value is -5.21. The summed E-state index contributed by atoms with van der Waals surface area (Å²) >= 11 is 0. The molecule has 0 spiro atoms. The molecule has 0 saturated carbocycles. The van der Waals surface area contributed by atoms with Crippen LogP contribution in [0.15, 0.2) is 103 Å². The molecule has 0 amide bonds. The van der Waals surface area contributed by atoms with E-state index in [0.29, 0.717) is 17.0 Å². The SMILES string of the molecule is CC(C)c1cc(-c2nc3c(-c4cc(C#N)cc(-c5ccccn5)c4)cccc3n2-c2ccccc2)c(O)c(C(C)C)c1. The number of aromatic hydroxyl groups is 1. The predicted octanol–water partition coefficient (Wildman–Crippen LogP) is 9.25. The molecule has 0 bridgehead atoms. The van der Waals surface area contributed by atoms with Crippen LogP contribution in [0.2, 0.25) is 0 Å². The number of rotatable bonds is 6. The number of aromatic nitrogens is 3. The van der Waals surface area contributed by atoms with E-state index in [-0.39, 0.29) is 17.6 Å². The summed E-state index contributed by atoms with van der Waals surface area (Å²) in [6.07, 6.45) is 1.76. The van der Waals surface area contributed by atoms with Gasteiger partial charge in [0.05, 0.1) is 33.9 Å². The molecule has 1 N–H and O–H groups in total. The monoisotopic (exact) mass is 548 g/mol. The molecule has 4 aromatic carbocycles. The van der Waals surface area contributed by atoms with Crippen molar-refractivity contribution in [1.29, 1.82) is 5.26 Å². The molecule has 0 aliphatic carbocycles. The first-order valence-corrected chi connectivity index (χ1v) is 14.3. The van der Waals surface area contributed by atoms with Crippen LogP contribution in [0.5, 0.6) is 5.75 Å². The van der Waals surface area contributed by atoms with Gasteiger partial charge in [0.1, 0.15) is 11.6 Å². The lowest BCUT2D eigenvalue weighted by atomic mass is 9.91. The van der Waals surface area contributed by atoms with Crippen molar-refractivity contribution in [2.24, 2.45) is 0 Å².